The molecule has 0 saturated heterocycles. The zero-order valence-electron chi connectivity index (χ0n) is 10.6. The van der Waals surface area contributed by atoms with E-state index in [0.717, 1.165) is 4.85 Å². The van der Waals surface area contributed by atoms with Gasteiger partial charge in [0.15, 0.2) is 0 Å². The fraction of sp³-hybridized carbons (Fsp3) is 0. The molecule has 0 atom stereocenters. The molecule has 4 aromatic rings. The molecule has 0 fully saturated rings. The van der Waals surface area contributed by atoms with Crippen LogP contribution in [0.1, 0.15) is 0 Å². The summed E-state index contributed by atoms with van der Waals surface area (Å²) in [6.45, 7) is 0. The largest absolute Gasteiger partial charge is 0.412 e. The van der Waals surface area contributed by atoms with Gasteiger partial charge in [0.25, 0.3) is 0 Å². The van der Waals surface area contributed by atoms with Crippen LogP contribution in [0.3, 0.4) is 0 Å². The maximum Gasteiger partial charge on any atom is 0.219 e. The van der Waals surface area contributed by atoms with E-state index >= 15 is 0 Å². The zero-order chi connectivity index (χ0) is 13.9. The number of hydrogen-bond acceptors (Lipinski definition) is 7. The summed E-state index contributed by atoms with van der Waals surface area (Å²) < 4.78 is 0. The van der Waals surface area contributed by atoms with E-state index in [0.29, 0.717) is 27.0 Å². The number of fused-ring (bicyclic) bond motifs is 2. The van der Waals surface area contributed by atoms with E-state index in [1.165, 1.54) is 0 Å². The summed E-state index contributed by atoms with van der Waals surface area (Å²) in [5.74, 6) is 0. The smallest absolute Gasteiger partial charge is 0.219 e. The SMILES string of the molecule is O.On1nnc2ccccc21.On1nnc2cccnc21. The molecular weight excluding hydrogens is 278 g/mol. The first-order valence-electron chi connectivity index (χ1n) is 5.61. The summed E-state index contributed by atoms with van der Waals surface area (Å²) in [6.07, 6.45) is 1.57. The Morgan fingerprint density at radius 2 is 1.48 bits per heavy atom. The van der Waals surface area contributed by atoms with Crippen LogP contribution in [0, 0.1) is 0 Å². The minimum Gasteiger partial charge on any atom is -0.412 e. The molecule has 10 heteroatoms. The first kappa shape index (κ1) is 14.1. The van der Waals surface area contributed by atoms with Gasteiger partial charge < -0.3 is 15.9 Å². The summed E-state index contributed by atoms with van der Waals surface area (Å²) in [5, 5.41) is 31.9. The predicted octanol–water partition coefficient (Wildman–Crippen LogP) is -0.0925. The maximum atomic E-state index is 8.95. The van der Waals surface area contributed by atoms with Gasteiger partial charge in [-0.05, 0) is 34.7 Å². The third-order valence-corrected chi connectivity index (χ3v) is 2.53. The van der Waals surface area contributed by atoms with Crippen molar-refractivity contribution in [2.24, 2.45) is 0 Å². The van der Waals surface area contributed by atoms with Gasteiger partial charge in [0.2, 0.25) is 5.65 Å². The monoisotopic (exact) mass is 289 g/mol. The standard InChI is InChI=1S/C6H5N3O.C5H4N4O.H2O/c10-9-6-4-2-1-3-5(6)7-8-9;10-9-5-4(7-8-9)2-1-3-6-5;/h1-4,10H;1-3,10H;1H2. The van der Waals surface area contributed by atoms with E-state index in [-0.39, 0.29) is 5.48 Å². The van der Waals surface area contributed by atoms with Crippen LogP contribution < -0.4 is 0 Å². The zero-order valence-corrected chi connectivity index (χ0v) is 10.6. The molecule has 3 aromatic heterocycles. The van der Waals surface area contributed by atoms with Crippen molar-refractivity contribution in [1.82, 2.24) is 35.3 Å². The second kappa shape index (κ2) is 5.79. The van der Waals surface area contributed by atoms with Gasteiger partial charge in [-0.2, -0.15) is 0 Å². The number of rotatable bonds is 0. The lowest BCUT2D eigenvalue weighted by atomic mass is 10.3. The Hall–Kier alpha value is -3.27. The number of para-hydroxylation sites is 1. The fourth-order valence-corrected chi connectivity index (χ4v) is 1.61. The minimum absolute atomic E-state index is 0. The highest BCUT2D eigenvalue weighted by molar-refractivity contribution is 5.73. The molecule has 0 spiro atoms. The molecule has 0 radical (unpaired) electrons. The molecule has 0 amide bonds. The van der Waals surface area contributed by atoms with Crippen molar-refractivity contribution in [3.05, 3.63) is 42.6 Å². The normalized spacial score (nSPS) is 9.90. The molecule has 10 nitrogen and oxygen atoms in total. The van der Waals surface area contributed by atoms with Gasteiger partial charge in [-0.1, -0.05) is 21.8 Å². The highest BCUT2D eigenvalue weighted by Gasteiger charge is 2.00. The molecule has 0 aliphatic carbocycles. The Balaban J connectivity index is 0.000000147. The predicted molar refractivity (Wildman–Crippen MR) is 70.8 cm³/mol. The average molecular weight is 289 g/mol. The topological polar surface area (TPSA) is 146 Å². The average Bonchev–Trinajstić information content (AvgIpc) is 3.05. The molecule has 4 rings (SSSR count). The first-order chi connectivity index (χ1) is 9.75. The van der Waals surface area contributed by atoms with Gasteiger partial charge in [0, 0.05) is 6.20 Å². The highest BCUT2D eigenvalue weighted by atomic mass is 16.5. The van der Waals surface area contributed by atoms with Gasteiger partial charge in [0.1, 0.15) is 16.6 Å². The number of hydrogen-bond donors (Lipinski definition) is 2. The van der Waals surface area contributed by atoms with Gasteiger partial charge in [0.05, 0.1) is 0 Å². The van der Waals surface area contributed by atoms with Crippen molar-refractivity contribution in [2.75, 3.05) is 0 Å². The Morgan fingerprint density at radius 1 is 0.810 bits per heavy atom. The molecule has 21 heavy (non-hydrogen) atoms. The Labute approximate surface area is 117 Å². The molecule has 0 aliphatic rings. The summed E-state index contributed by atoms with van der Waals surface area (Å²) in [6, 6.07) is 10.7. The lowest BCUT2D eigenvalue weighted by Crippen LogP contribution is -1.92. The number of pyridine rings is 1. The van der Waals surface area contributed by atoms with Crippen LogP contribution in [0.4, 0.5) is 0 Å². The van der Waals surface area contributed by atoms with Crippen molar-refractivity contribution in [2.45, 2.75) is 0 Å². The Morgan fingerprint density at radius 3 is 2.24 bits per heavy atom. The molecule has 4 N–H and O–H groups in total. The lowest BCUT2D eigenvalue weighted by molar-refractivity contribution is 0.153. The molecular formula is C11H11N7O3. The summed E-state index contributed by atoms with van der Waals surface area (Å²) >= 11 is 0. The number of aromatic nitrogens is 7. The van der Waals surface area contributed by atoms with Crippen molar-refractivity contribution in [1.29, 1.82) is 0 Å². The van der Waals surface area contributed by atoms with E-state index in [2.05, 4.69) is 25.6 Å². The Kier molecular flexibility index (Phi) is 3.90. The van der Waals surface area contributed by atoms with E-state index in [1.807, 2.05) is 12.1 Å². The van der Waals surface area contributed by atoms with Gasteiger partial charge in [-0.3, -0.25) is 0 Å². The highest BCUT2D eigenvalue weighted by Crippen LogP contribution is 2.06. The molecule has 1 aromatic carbocycles. The van der Waals surface area contributed by atoms with Crippen LogP contribution in [-0.2, 0) is 0 Å². The molecule has 0 unspecified atom stereocenters. The second-order valence-corrected chi connectivity index (χ2v) is 3.79. The van der Waals surface area contributed by atoms with Crippen molar-refractivity contribution >= 4 is 22.2 Å². The molecule has 0 aliphatic heterocycles. The van der Waals surface area contributed by atoms with Crippen LogP contribution in [0.15, 0.2) is 42.6 Å². The second-order valence-electron chi connectivity index (χ2n) is 3.79. The number of benzene rings is 1. The van der Waals surface area contributed by atoms with Crippen molar-refractivity contribution in [3.8, 4) is 0 Å². The van der Waals surface area contributed by atoms with Crippen LogP contribution in [0.5, 0.6) is 0 Å². The van der Waals surface area contributed by atoms with Crippen molar-refractivity contribution < 1.29 is 15.9 Å². The molecule has 108 valence electrons. The van der Waals surface area contributed by atoms with Gasteiger partial charge >= 0.3 is 0 Å². The van der Waals surface area contributed by atoms with Crippen LogP contribution in [0.25, 0.3) is 22.2 Å². The van der Waals surface area contributed by atoms with Crippen LogP contribution in [-0.4, -0.2) is 51.2 Å². The van der Waals surface area contributed by atoms with E-state index in [9.17, 15) is 0 Å². The van der Waals surface area contributed by atoms with Crippen LogP contribution >= 0.6 is 0 Å². The fourth-order valence-electron chi connectivity index (χ4n) is 1.61. The van der Waals surface area contributed by atoms with E-state index in [1.54, 1.807) is 30.5 Å². The summed E-state index contributed by atoms with van der Waals surface area (Å²) in [7, 11) is 0. The third kappa shape index (κ3) is 2.69. The molecule has 0 bridgehead atoms. The number of nitrogens with zero attached hydrogens (tertiary/aromatic N) is 7. The van der Waals surface area contributed by atoms with Gasteiger partial charge in [-0.25, -0.2) is 4.98 Å². The van der Waals surface area contributed by atoms with Crippen molar-refractivity contribution in [3.63, 3.8) is 0 Å². The summed E-state index contributed by atoms with van der Waals surface area (Å²) in [5.41, 5.74) is 2.29. The van der Waals surface area contributed by atoms with E-state index < -0.39 is 0 Å². The molecule has 3 heterocycles. The third-order valence-electron chi connectivity index (χ3n) is 2.53. The quantitative estimate of drug-likeness (QED) is 0.430. The first-order valence-corrected chi connectivity index (χ1v) is 5.61. The maximum absolute atomic E-state index is 8.95. The van der Waals surface area contributed by atoms with E-state index in [4.69, 9.17) is 10.4 Å². The Bertz CT molecular complexity index is 785. The molecule has 0 saturated carbocycles. The van der Waals surface area contributed by atoms with Crippen LogP contribution in [0.2, 0.25) is 0 Å². The van der Waals surface area contributed by atoms with Gasteiger partial charge in [-0.15, -0.1) is 10.2 Å². The lowest BCUT2D eigenvalue weighted by Gasteiger charge is -1.85. The summed E-state index contributed by atoms with van der Waals surface area (Å²) in [4.78, 5) is 5.24. The minimum atomic E-state index is 0.